The number of benzene rings is 2. The fourth-order valence-corrected chi connectivity index (χ4v) is 10.2. The Morgan fingerprint density at radius 2 is 0.588 bits per heavy atom. The number of aryl methyl sites for hydroxylation is 2. The number of hydrogen-bond donors (Lipinski definition) is 0. The maximum atomic E-state index is 13.6. The van der Waals surface area contributed by atoms with Gasteiger partial charge in [0.2, 0.25) is 20.0 Å². The minimum Gasteiger partial charge on any atom is -0.207 e. The Kier molecular flexibility index (Phi) is 25.2. The van der Waals surface area contributed by atoms with Crippen LogP contribution in [0.4, 0.5) is 0 Å². The summed E-state index contributed by atoms with van der Waals surface area (Å²) in [5.41, 5.74) is 2.12. The Labute approximate surface area is 330 Å². The molecule has 0 amide bonds. The van der Waals surface area contributed by atoms with Crippen LogP contribution in [0, 0.1) is 13.8 Å². The van der Waals surface area contributed by atoms with Gasteiger partial charge in [0.1, 0.15) is 0 Å². The normalized spacial score (nSPS) is 12.4. The lowest BCUT2D eigenvalue weighted by atomic mass is 10.1. The SMILES string of the molecule is Cc1ccc(S(=O)(=O)N(CCCCCCCCCBr)CCCCCCCCCN(CCCCCCCCCBr)S(=O)(=O)c2ccc(C)cc2)cc1. The van der Waals surface area contributed by atoms with E-state index in [0.717, 1.165) is 105 Å². The van der Waals surface area contributed by atoms with Crippen molar-refractivity contribution in [1.82, 2.24) is 8.61 Å². The van der Waals surface area contributed by atoms with Crippen LogP contribution in [-0.4, -0.2) is 62.3 Å². The molecule has 0 N–H and O–H groups in total. The average Bonchev–Trinajstić information content (AvgIpc) is 3.11. The van der Waals surface area contributed by atoms with E-state index in [9.17, 15) is 16.8 Å². The molecule has 6 nitrogen and oxygen atoms in total. The molecule has 0 heterocycles. The Balaban J connectivity index is 1.78. The Morgan fingerprint density at radius 1 is 0.373 bits per heavy atom. The van der Waals surface area contributed by atoms with Gasteiger partial charge in [-0.3, -0.25) is 0 Å². The molecule has 0 aliphatic rings. The zero-order valence-electron chi connectivity index (χ0n) is 31.8. The van der Waals surface area contributed by atoms with Crippen LogP contribution in [0.5, 0.6) is 0 Å². The fraction of sp³-hybridized carbons (Fsp3) is 0.707. The summed E-state index contributed by atoms with van der Waals surface area (Å²) < 4.78 is 57.7. The smallest absolute Gasteiger partial charge is 0.207 e. The van der Waals surface area contributed by atoms with Crippen LogP contribution in [0.1, 0.15) is 146 Å². The van der Waals surface area contributed by atoms with Gasteiger partial charge in [-0.2, -0.15) is 8.61 Å². The molecular formula is C41H68Br2N2O4S2. The maximum Gasteiger partial charge on any atom is 0.243 e. The van der Waals surface area contributed by atoms with Crippen molar-refractivity contribution in [2.45, 2.75) is 158 Å². The second-order valence-corrected chi connectivity index (χ2v) is 19.7. The third-order valence-electron chi connectivity index (χ3n) is 9.71. The van der Waals surface area contributed by atoms with Gasteiger partial charge in [0.15, 0.2) is 0 Å². The van der Waals surface area contributed by atoms with E-state index >= 15 is 0 Å². The first-order valence-electron chi connectivity index (χ1n) is 19.9. The molecule has 0 bridgehead atoms. The largest absolute Gasteiger partial charge is 0.243 e. The molecule has 51 heavy (non-hydrogen) atoms. The third kappa shape index (κ3) is 19.4. The molecule has 0 aliphatic heterocycles. The van der Waals surface area contributed by atoms with E-state index < -0.39 is 20.0 Å². The number of rotatable bonds is 32. The van der Waals surface area contributed by atoms with Crippen LogP contribution in [0.15, 0.2) is 58.3 Å². The lowest BCUT2D eigenvalue weighted by Crippen LogP contribution is -2.33. The Morgan fingerprint density at radius 3 is 0.824 bits per heavy atom. The molecule has 0 unspecified atom stereocenters. The van der Waals surface area contributed by atoms with Gasteiger partial charge in [-0.25, -0.2) is 16.8 Å². The summed E-state index contributed by atoms with van der Waals surface area (Å²) in [5.74, 6) is 0. The first-order chi connectivity index (χ1) is 24.6. The van der Waals surface area contributed by atoms with Crippen molar-refractivity contribution in [3.05, 3.63) is 59.7 Å². The maximum absolute atomic E-state index is 13.6. The summed E-state index contributed by atoms with van der Waals surface area (Å²) in [6.45, 7) is 6.24. The summed E-state index contributed by atoms with van der Waals surface area (Å²) in [5, 5.41) is 2.13. The zero-order chi connectivity index (χ0) is 37.2. The van der Waals surface area contributed by atoms with Gasteiger partial charge in [-0.1, -0.05) is 164 Å². The van der Waals surface area contributed by atoms with Crippen LogP contribution in [-0.2, 0) is 20.0 Å². The summed E-state index contributed by atoms with van der Waals surface area (Å²) >= 11 is 6.99. The minimum atomic E-state index is -3.51. The monoisotopic (exact) mass is 874 g/mol. The number of halogens is 2. The second kappa shape index (κ2) is 27.7. The molecule has 10 heteroatoms. The van der Waals surface area contributed by atoms with E-state index in [-0.39, 0.29) is 0 Å². The van der Waals surface area contributed by atoms with Gasteiger partial charge in [0, 0.05) is 36.8 Å². The molecular weight excluding hydrogens is 808 g/mol. The van der Waals surface area contributed by atoms with Crippen LogP contribution in [0.25, 0.3) is 0 Å². The molecule has 2 aromatic carbocycles. The number of nitrogens with zero attached hydrogens (tertiary/aromatic N) is 2. The highest BCUT2D eigenvalue weighted by molar-refractivity contribution is 9.09. The lowest BCUT2D eigenvalue weighted by molar-refractivity contribution is 0.378. The van der Waals surface area contributed by atoms with Crippen LogP contribution in [0.2, 0.25) is 0 Å². The summed E-state index contributed by atoms with van der Waals surface area (Å²) in [4.78, 5) is 0.782. The highest BCUT2D eigenvalue weighted by Crippen LogP contribution is 2.21. The number of sulfonamides is 2. The Hall–Kier alpha value is -0.780. The second-order valence-electron chi connectivity index (χ2n) is 14.2. The van der Waals surface area contributed by atoms with Crippen LogP contribution >= 0.6 is 31.9 Å². The molecule has 2 rings (SSSR count). The predicted molar refractivity (Wildman–Crippen MR) is 224 cm³/mol. The summed E-state index contributed by atoms with van der Waals surface area (Å²) in [7, 11) is -7.02. The predicted octanol–water partition coefficient (Wildman–Crippen LogP) is 12.0. The minimum absolute atomic E-state index is 0.391. The van der Waals surface area contributed by atoms with Crippen molar-refractivity contribution < 1.29 is 16.8 Å². The molecule has 0 saturated heterocycles. The van der Waals surface area contributed by atoms with Gasteiger partial charge in [0.05, 0.1) is 9.79 Å². The summed E-state index contributed by atoms with van der Waals surface area (Å²) in [6, 6.07) is 14.5. The first-order valence-corrected chi connectivity index (χ1v) is 25.0. The van der Waals surface area contributed by atoms with Crippen molar-refractivity contribution >= 4 is 51.9 Å². The number of hydrogen-bond acceptors (Lipinski definition) is 4. The van der Waals surface area contributed by atoms with Crippen molar-refractivity contribution in [3.8, 4) is 0 Å². The van der Waals surface area contributed by atoms with E-state index in [2.05, 4.69) is 31.9 Å². The number of unbranched alkanes of at least 4 members (excludes halogenated alkanes) is 18. The van der Waals surface area contributed by atoms with E-state index in [1.807, 2.05) is 38.1 Å². The third-order valence-corrected chi connectivity index (χ3v) is 14.7. The molecule has 0 radical (unpaired) electrons. The highest BCUT2D eigenvalue weighted by atomic mass is 79.9. The van der Waals surface area contributed by atoms with Gasteiger partial charge in [-0.05, 0) is 76.6 Å². The van der Waals surface area contributed by atoms with Gasteiger partial charge in [0.25, 0.3) is 0 Å². The molecule has 2 aromatic rings. The molecule has 0 saturated carbocycles. The topological polar surface area (TPSA) is 74.8 Å². The number of alkyl halides is 2. The molecule has 0 atom stereocenters. The van der Waals surface area contributed by atoms with Gasteiger partial charge >= 0.3 is 0 Å². The van der Waals surface area contributed by atoms with E-state index in [1.165, 1.54) is 51.4 Å². The van der Waals surface area contributed by atoms with Crippen molar-refractivity contribution in [2.24, 2.45) is 0 Å². The standard InChI is InChI=1S/C41H68Br2N2O4S2/c1-38-24-28-40(29-25-38)50(46,47)44(34-20-14-8-3-6-12-18-32-42)36-22-16-10-5-11-17-23-37-45(35-21-15-9-4-7-13-19-33-43)51(48,49)41-30-26-39(2)27-31-41/h24-31H,3-23,32-37H2,1-2H3. The van der Waals surface area contributed by atoms with Gasteiger partial charge in [-0.15, -0.1) is 0 Å². The quantitative estimate of drug-likeness (QED) is 0.0542. The van der Waals surface area contributed by atoms with Crippen molar-refractivity contribution in [2.75, 3.05) is 36.8 Å². The summed E-state index contributed by atoms with van der Waals surface area (Å²) in [6.07, 6.45) is 23.1. The molecule has 0 aromatic heterocycles. The van der Waals surface area contributed by atoms with E-state index in [4.69, 9.17) is 0 Å². The zero-order valence-corrected chi connectivity index (χ0v) is 36.6. The van der Waals surface area contributed by atoms with Crippen LogP contribution in [0.3, 0.4) is 0 Å². The Bertz CT molecular complexity index is 1270. The first kappa shape index (κ1) is 46.4. The molecule has 0 fully saturated rings. The average molecular weight is 877 g/mol. The highest BCUT2D eigenvalue weighted by Gasteiger charge is 2.25. The van der Waals surface area contributed by atoms with Crippen LogP contribution < -0.4 is 0 Å². The fourth-order valence-electron chi connectivity index (χ4n) is 6.42. The molecule has 0 aliphatic carbocycles. The lowest BCUT2D eigenvalue weighted by Gasteiger charge is -2.23. The van der Waals surface area contributed by atoms with E-state index in [0.29, 0.717) is 36.0 Å². The molecule has 292 valence electrons. The molecule has 0 spiro atoms. The van der Waals surface area contributed by atoms with Crippen molar-refractivity contribution in [3.63, 3.8) is 0 Å². The van der Waals surface area contributed by atoms with Gasteiger partial charge < -0.3 is 0 Å². The van der Waals surface area contributed by atoms with E-state index in [1.54, 1.807) is 32.9 Å². The van der Waals surface area contributed by atoms with Crippen molar-refractivity contribution in [1.29, 1.82) is 0 Å².